The maximum absolute atomic E-state index is 5.68. The normalized spacial score (nSPS) is 28.2. The zero-order valence-electron chi connectivity index (χ0n) is 7.61. The van der Waals surface area contributed by atoms with Crippen LogP contribution in [0.5, 0.6) is 0 Å². The van der Waals surface area contributed by atoms with Crippen molar-refractivity contribution in [3.63, 3.8) is 0 Å². The van der Waals surface area contributed by atoms with Crippen LogP contribution in [0.15, 0.2) is 12.5 Å². The van der Waals surface area contributed by atoms with Crippen molar-refractivity contribution < 1.29 is 4.74 Å². The van der Waals surface area contributed by atoms with Crippen LogP contribution in [0.3, 0.4) is 0 Å². The molecule has 1 saturated heterocycles. The van der Waals surface area contributed by atoms with Gasteiger partial charge in [-0.3, -0.25) is 0 Å². The Morgan fingerprint density at radius 1 is 1.77 bits per heavy atom. The second-order valence-corrected chi connectivity index (χ2v) is 3.65. The molecule has 2 rings (SSSR count). The number of halogens is 1. The van der Waals surface area contributed by atoms with Crippen LogP contribution in [0.1, 0.15) is 25.1 Å². The molecule has 1 aromatic heterocycles. The lowest BCUT2D eigenvalue weighted by molar-refractivity contribution is 0.107. The summed E-state index contributed by atoms with van der Waals surface area (Å²) in [5, 5.41) is 0. The van der Waals surface area contributed by atoms with E-state index in [0.717, 1.165) is 18.7 Å². The predicted molar refractivity (Wildman–Crippen MR) is 50.9 cm³/mol. The van der Waals surface area contributed by atoms with Gasteiger partial charge in [0.2, 0.25) is 0 Å². The second-order valence-electron chi connectivity index (χ2n) is 3.38. The highest BCUT2D eigenvalue weighted by molar-refractivity contribution is 6.16. The van der Waals surface area contributed by atoms with Gasteiger partial charge >= 0.3 is 0 Å². The first kappa shape index (κ1) is 9.03. The van der Waals surface area contributed by atoms with E-state index in [-0.39, 0.29) is 6.10 Å². The average Bonchev–Trinajstić information content (AvgIpc) is 2.71. The van der Waals surface area contributed by atoms with Gasteiger partial charge in [0, 0.05) is 12.8 Å². The maximum atomic E-state index is 5.68. The van der Waals surface area contributed by atoms with E-state index in [0.29, 0.717) is 11.9 Å². The van der Waals surface area contributed by atoms with E-state index >= 15 is 0 Å². The third-order valence-electron chi connectivity index (χ3n) is 2.51. The van der Waals surface area contributed by atoms with Gasteiger partial charge in [0.25, 0.3) is 0 Å². The molecule has 0 aliphatic carbocycles. The van der Waals surface area contributed by atoms with Crippen LogP contribution in [0.25, 0.3) is 0 Å². The number of nitrogens with zero attached hydrogens (tertiary/aromatic N) is 2. The van der Waals surface area contributed by atoms with Crippen molar-refractivity contribution in [3.8, 4) is 0 Å². The SMILES string of the molecule is CC1OCCC1n1cnc(CCl)c1. The molecule has 0 saturated carbocycles. The van der Waals surface area contributed by atoms with Crippen LogP contribution >= 0.6 is 11.6 Å². The third-order valence-corrected chi connectivity index (χ3v) is 2.78. The molecular weight excluding hydrogens is 188 g/mol. The van der Waals surface area contributed by atoms with E-state index in [4.69, 9.17) is 16.3 Å². The van der Waals surface area contributed by atoms with Gasteiger partial charge in [-0.2, -0.15) is 0 Å². The quantitative estimate of drug-likeness (QED) is 0.683. The van der Waals surface area contributed by atoms with Crippen molar-refractivity contribution in [2.24, 2.45) is 0 Å². The molecule has 0 spiro atoms. The van der Waals surface area contributed by atoms with Crippen LogP contribution in [-0.4, -0.2) is 22.3 Å². The highest BCUT2D eigenvalue weighted by atomic mass is 35.5. The molecule has 1 aromatic rings. The molecule has 1 fully saturated rings. The number of hydrogen-bond acceptors (Lipinski definition) is 2. The van der Waals surface area contributed by atoms with E-state index in [9.17, 15) is 0 Å². The van der Waals surface area contributed by atoms with E-state index < -0.39 is 0 Å². The lowest BCUT2D eigenvalue weighted by Crippen LogP contribution is -2.15. The van der Waals surface area contributed by atoms with Crippen LogP contribution in [-0.2, 0) is 10.6 Å². The van der Waals surface area contributed by atoms with E-state index in [1.165, 1.54) is 0 Å². The van der Waals surface area contributed by atoms with Crippen molar-refractivity contribution in [3.05, 3.63) is 18.2 Å². The third kappa shape index (κ3) is 1.71. The van der Waals surface area contributed by atoms with Gasteiger partial charge in [0.15, 0.2) is 0 Å². The summed E-state index contributed by atoms with van der Waals surface area (Å²) in [6.07, 6.45) is 5.20. The van der Waals surface area contributed by atoms with E-state index in [1.807, 2.05) is 12.5 Å². The minimum absolute atomic E-state index is 0.289. The molecule has 2 heterocycles. The fourth-order valence-corrected chi connectivity index (χ4v) is 1.88. The van der Waals surface area contributed by atoms with Crippen LogP contribution in [0, 0.1) is 0 Å². The Labute approximate surface area is 82.7 Å². The molecule has 1 aliphatic heterocycles. The van der Waals surface area contributed by atoms with Crippen molar-refractivity contribution in [2.75, 3.05) is 6.61 Å². The van der Waals surface area contributed by atoms with Gasteiger partial charge in [-0.15, -0.1) is 11.6 Å². The van der Waals surface area contributed by atoms with Crippen molar-refractivity contribution >= 4 is 11.6 Å². The molecule has 72 valence electrons. The first-order chi connectivity index (χ1) is 6.31. The fourth-order valence-electron chi connectivity index (χ4n) is 1.74. The predicted octanol–water partition coefficient (Wildman–Crippen LogP) is 1.97. The van der Waals surface area contributed by atoms with Gasteiger partial charge in [-0.25, -0.2) is 4.98 Å². The fraction of sp³-hybridized carbons (Fsp3) is 0.667. The Bertz CT molecular complexity index is 287. The summed E-state index contributed by atoms with van der Waals surface area (Å²) < 4.78 is 7.59. The molecule has 3 nitrogen and oxygen atoms in total. The summed E-state index contributed by atoms with van der Waals surface area (Å²) in [7, 11) is 0. The first-order valence-electron chi connectivity index (χ1n) is 4.51. The maximum Gasteiger partial charge on any atom is 0.0953 e. The standard InChI is InChI=1S/C9H13ClN2O/c1-7-9(2-3-13-7)12-5-8(4-10)11-6-12/h5-7,9H,2-4H2,1H3. The summed E-state index contributed by atoms with van der Waals surface area (Å²) in [4.78, 5) is 4.19. The van der Waals surface area contributed by atoms with E-state index in [1.54, 1.807) is 0 Å². The smallest absolute Gasteiger partial charge is 0.0953 e. The Kier molecular flexibility index (Phi) is 2.56. The summed E-state index contributed by atoms with van der Waals surface area (Å²) in [5.74, 6) is 0.481. The van der Waals surface area contributed by atoms with E-state index in [2.05, 4.69) is 16.5 Å². The van der Waals surface area contributed by atoms with Gasteiger partial charge in [0.1, 0.15) is 0 Å². The first-order valence-corrected chi connectivity index (χ1v) is 5.04. The van der Waals surface area contributed by atoms with Crippen molar-refractivity contribution in [2.45, 2.75) is 31.4 Å². The molecule has 1 aliphatic rings. The topological polar surface area (TPSA) is 27.1 Å². The molecule has 2 atom stereocenters. The van der Waals surface area contributed by atoms with Gasteiger partial charge in [-0.1, -0.05) is 0 Å². The molecule has 0 aromatic carbocycles. The number of ether oxygens (including phenoxy) is 1. The molecule has 0 N–H and O–H groups in total. The monoisotopic (exact) mass is 200 g/mol. The molecule has 13 heavy (non-hydrogen) atoms. The van der Waals surface area contributed by atoms with Crippen molar-refractivity contribution in [1.29, 1.82) is 0 Å². The number of rotatable bonds is 2. The largest absolute Gasteiger partial charge is 0.376 e. The summed E-state index contributed by atoms with van der Waals surface area (Å²) in [6, 6.07) is 0.435. The van der Waals surface area contributed by atoms with Gasteiger partial charge < -0.3 is 9.30 Å². The number of imidazole rings is 1. The number of aromatic nitrogens is 2. The lowest BCUT2D eigenvalue weighted by Gasteiger charge is -2.14. The lowest BCUT2D eigenvalue weighted by atomic mass is 10.1. The molecule has 4 heteroatoms. The molecule has 0 amide bonds. The minimum Gasteiger partial charge on any atom is -0.376 e. The zero-order valence-corrected chi connectivity index (χ0v) is 8.37. The molecule has 0 radical (unpaired) electrons. The second kappa shape index (κ2) is 3.68. The Morgan fingerprint density at radius 3 is 3.15 bits per heavy atom. The van der Waals surface area contributed by atoms with Crippen LogP contribution in [0.4, 0.5) is 0 Å². The highest BCUT2D eigenvalue weighted by Gasteiger charge is 2.25. The Balaban J connectivity index is 2.15. The van der Waals surface area contributed by atoms with Crippen LogP contribution < -0.4 is 0 Å². The van der Waals surface area contributed by atoms with Gasteiger partial charge in [0.05, 0.1) is 30.0 Å². The Hall–Kier alpha value is -0.540. The number of alkyl halides is 1. The van der Waals surface area contributed by atoms with Gasteiger partial charge in [-0.05, 0) is 13.3 Å². The minimum atomic E-state index is 0.289. The average molecular weight is 201 g/mol. The molecular formula is C9H13ClN2O. The Morgan fingerprint density at radius 2 is 2.62 bits per heavy atom. The van der Waals surface area contributed by atoms with Crippen molar-refractivity contribution in [1.82, 2.24) is 9.55 Å². The number of hydrogen-bond donors (Lipinski definition) is 0. The van der Waals surface area contributed by atoms with Crippen LogP contribution in [0.2, 0.25) is 0 Å². The molecule has 2 unspecified atom stereocenters. The summed E-state index contributed by atoms with van der Waals surface area (Å²) >= 11 is 5.68. The zero-order chi connectivity index (χ0) is 9.26. The molecule has 0 bridgehead atoms. The highest BCUT2D eigenvalue weighted by Crippen LogP contribution is 2.25. The summed E-state index contributed by atoms with van der Waals surface area (Å²) in [6.45, 7) is 2.94. The summed E-state index contributed by atoms with van der Waals surface area (Å²) in [5.41, 5.74) is 0.931.